The van der Waals surface area contributed by atoms with Crippen molar-refractivity contribution in [3.63, 3.8) is 0 Å². The summed E-state index contributed by atoms with van der Waals surface area (Å²) in [5.41, 5.74) is 0.552. The van der Waals surface area contributed by atoms with Gasteiger partial charge in [0.1, 0.15) is 0 Å². The molecular weight excluding hydrogens is 232 g/mol. The van der Waals surface area contributed by atoms with Crippen LogP contribution in [0.15, 0.2) is 0 Å². The molecule has 0 aliphatic carbocycles. The fourth-order valence-corrected chi connectivity index (χ4v) is 4.02. The van der Waals surface area contributed by atoms with Crippen molar-refractivity contribution in [3.05, 3.63) is 0 Å². The maximum atomic E-state index is 2.75. The average Bonchev–Trinajstić information content (AvgIpc) is 2.27. The van der Waals surface area contributed by atoms with Crippen LogP contribution in [-0.2, 0) is 0 Å². The summed E-state index contributed by atoms with van der Waals surface area (Å²) in [6, 6.07) is 0. The Hall–Kier alpha value is -0.0800. The molecule has 0 aromatic heterocycles. The number of piperidine rings is 2. The van der Waals surface area contributed by atoms with Crippen LogP contribution in [0, 0.1) is 23.2 Å². The Labute approximate surface area is 120 Å². The number of rotatable bonds is 5. The minimum Gasteiger partial charge on any atom is -0.303 e. The molecule has 0 radical (unpaired) electrons. The lowest BCUT2D eigenvalue weighted by atomic mass is 9.63. The van der Waals surface area contributed by atoms with E-state index in [2.05, 4.69) is 44.4 Å². The molecule has 0 amide bonds. The van der Waals surface area contributed by atoms with Gasteiger partial charge in [-0.3, -0.25) is 0 Å². The first-order valence-electron chi connectivity index (χ1n) is 8.38. The first-order chi connectivity index (χ1) is 8.93. The molecule has 2 heteroatoms. The Bertz CT molecular complexity index is 267. The summed E-state index contributed by atoms with van der Waals surface area (Å²) in [6.07, 6.45) is 2.70. The van der Waals surface area contributed by atoms with Gasteiger partial charge in [-0.2, -0.15) is 0 Å². The number of likely N-dealkylation sites (tertiary alicyclic amines) is 2. The Kier molecular flexibility index (Phi) is 4.94. The van der Waals surface area contributed by atoms with E-state index >= 15 is 0 Å². The molecule has 2 aliphatic rings. The minimum atomic E-state index is 0.552. The average molecular weight is 266 g/mol. The molecule has 2 atom stereocenters. The van der Waals surface area contributed by atoms with Gasteiger partial charge in [0.05, 0.1) is 0 Å². The number of hydrogen-bond acceptors (Lipinski definition) is 2. The molecule has 0 spiro atoms. The Balaban J connectivity index is 1.98. The lowest BCUT2D eigenvalue weighted by Gasteiger charge is -2.56. The van der Waals surface area contributed by atoms with E-state index in [1.807, 2.05) is 0 Å². The van der Waals surface area contributed by atoms with Gasteiger partial charge in [0.2, 0.25) is 0 Å². The number of unbranched alkanes of at least 4 members (excludes halogenated alkanes) is 1. The van der Waals surface area contributed by atoms with Crippen LogP contribution in [0.4, 0.5) is 0 Å². The number of fused-ring (bicyclic) bond motifs is 2. The fourth-order valence-electron chi connectivity index (χ4n) is 4.02. The van der Waals surface area contributed by atoms with Gasteiger partial charge in [0.15, 0.2) is 0 Å². The van der Waals surface area contributed by atoms with E-state index in [4.69, 9.17) is 0 Å². The van der Waals surface area contributed by atoms with Crippen molar-refractivity contribution in [1.82, 2.24) is 9.80 Å². The van der Waals surface area contributed by atoms with Crippen LogP contribution in [0.3, 0.4) is 0 Å². The van der Waals surface area contributed by atoms with Gasteiger partial charge in [-0.05, 0) is 36.1 Å². The highest BCUT2D eigenvalue weighted by atomic mass is 15.2. The van der Waals surface area contributed by atoms with Crippen LogP contribution in [-0.4, -0.2) is 49.1 Å². The summed E-state index contributed by atoms with van der Waals surface area (Å²) in [6.45, 7) is 20.0. The van der Waals surface area contributed by atoms with E-state index in [0.717, 1.165) is 17.8 Å². The largest absolute Gasteiger partial charge is 0.303 e. The molecule has 2 aliphatic heterocycles. The molecule has 2 unspecified atom stereocenters. The molecule has 19 heavy (non-hydrogen) atoms. The molecule has 2 heterocycles. The second-order valence-corrected chi connectivity index (χ2v) is 7.94. The summed E-state index contributed by atoms with van der Waals surface area (Å²) in [4.78, 5) is 5.49. The lowest BCUT2D eigenvalue weighted by molar-refractivity contribution is -0.0739. The van der Waals surface area contributed by atoms with Gasteiger partial charge >= 0.3 is 0 Å². The Morgan fingerprint density at radius 2 is 1.53 bits per heavy atom. The molecule has 2 nitrogen and oxygen atoms in total. The summed E-state index contributed by atoms with van der Waals surface area (Å²) in [5, 5.41) is 0. The van der Waals surface area contributed by atoms with Crippen LogP contribution >= 0.6 is 0 Å². The third-order valence-corrected chi connectivity index (χ3v) is 5.47. The summed E-state index contributed by atoms with van der Waals surface area (Å²) < 4.78 is 0. The van der Waals surface area contributed by atoms with Gasteiger partial charge in [-0.1, -0.05) is 41.0 Å². The van der Waals surface area contributed by atoms with Gasteiger partial charge in [-0.25, -0.2) is 0 Å². The topological polar surface area (TPSA) is 6.48 Å². The second-order valence-electron chi connectivity index (χ2n) is 7.94. The minimum absolute atomic E-state index is 0.552. The van der Waals surface area contributed by atoms with E-state index in [9.17, 15) is 0 Å². The summed E-state index contributed by atoms with van der Waals surface area (Å²) >= 11 is 0. The van der Waals surface area contributed by atoms with Crippen molar-refractivity contribution in [2.75, 3.05) is 39.3 Å². The van der Waals surface area contributed by atoms with Gasteiger partial charge in [-0.15, -0.1) is 0 Å². The van der Waals surface area contributed by atoms with E-state index in [1.54, 1.807) is 0 Å². The predicted molar refractivity (Wildman–Crippen MR) is 83.4 cm³/mol. The summed E-state index contributed by atoms with van der Waals surface area (Å²) in [5.74, 6) is 2.55. The van der Waals surface area contributed by atoms with Crippen LogP contribution in [0.25, 0.3) is 0 Å². The lowest BCUT2D eigenvalue weighted by Crippen LogP contribution is -2.61. The Morgan fingerprint density at radius 1 is 1.00 bits per heavy atom. The maximum Gasteiger partial charge on any atom is 0.00274 e. The highest BCUT2D eigenvalue weighted by Crippen LogP contribution is 2.44. The van der Waals surface area contributed by atoms with E-state index in [1.165, 1.54) is 52.1 Å². The first kappa shape index (κ1) is 15.3. The third-order valence-electron chi connectivity index (χ3n) is 5.47. The number of hydrogen-bond donors (Lipinski definition) is 0. The number of nitrogens with zero attached hydrogens (tertiary/aromatic N) is 2. The van der Waals surface area contributed by atoms with Crippen molar-refractivity contribution in [1.29, 1.82) is 0 Å². The Morgan fingerprint density at radius 3 is 2.00 bits per heavy atom. The molecule has 0 saturated carbocycles. The van der Waals surface area contributed by atoms with Crippen LogP contribution < -0.4 is 0 Å². The second kappa shape index (κ2) is 6.13. The van der Waals surface area contributed by atoms with E-state index in [-0.39, 0.29) is 0 Å². The standard InChI is InChI=1S/C17H34N2/c1-6-7-8-18-10-15-12-19(9-14(2)3)13-16(11-18)17(15,4)5/h14-16H,6-13H2,1-5H3. The fraction of sp³-hybridized carbons (Fsp3) is 1.00. The van der Waals surface area contributed by atoms with E-state index in [0.29, 0.717) is 5.41 Å². The smallest absolute Gasteiger partial charge is 0.00274 e. The zero-order valence-electron chi connectivity index (χ0n) is 13.8. The van der Waals surface area contributed by atoms with E-state index < -0.39 is 0 Å². The SMILES string of the molecule is CCCCN1CC2CN(CC(C)C)CC(C1)C2(C)C. The van der Waals surface area contributed by atoms with Crippen molar-refractivity contribution >= 4 is 0 Å². The van der Waals surface area contributed by atoms with Gasteiger partial charge in [0.25, 0.3) is 0 Å². The van der Waals surface area contributed by atoms with Crippen LogP contribution in [0.1, 0.15) is 47.5 Å². The van der Waals surface area contributed by atoms with Crippen molar-refractivity contribution in [2.45, 2.75) is 47.5 Å². The van der Waals surface area contributed by atoms with Crippen molar-refractivity contribution < 1.29 is 0 Å². The van der Waals surface area contributed by atoms with Crippen LogP contribution in [0.5, 0.6) is 0 Å². The molecule has 2 rings (SSSR count). The van der Waals surface area contributed by atoms with Gasteiger partial charge in [0, 0.05) is 32.7 Å². The maximum absolute atomic E-state index is 2.75. The molecule has 2 fully saturated rings. The molecule has 0 aromatic rings. The zero-order chi connectivity index (χ0) is 14.0. The molecular formula is C17H34N2. The highest BCUT2D eigenvalue weighted by Gasteiger charge is 2.47. The third kappa shape index (κ3) is 3.52. The first-order valence-corrected chi connectivity index (χ1v) is 8.38. The molecule has 0 aromatic carbocycles. The monoisotopic (exact) mass is 266 g/mol. The van der Waals surface area contributed by atoms with Crippen molar-refractivity contribution in [3.8, 4) is 0 Å². The molecule has 112 valence electrons. The quantitative estimate of drug-likeness (QED) is 0.753. The molecule has 2 bridgehead atoms. The van der Waals surface area contributed by atoms with Crippen molar-refractivity contribution in [2.24, 2.45) is 23.2 Å². The van der Waals surface area contributed by atoms with Gasteiger partial charge < -0.3 is 9.80 Å². The molecule has 0 N–H and O–H groups in total. The highest BCUT2D eigenvalue weighted by molar-refractivity contribution is 4.99. The predicted octanol–water partition coefficient (Wildman–Crippen LogP) is 3.33. The molecule has 2 saturated heterocycles. The summed E-state index contributed by atoms with van der Waals surface area (Å²) in [7, 11) is 0. The zero-order valence-corrected chi connectivity index (χ0v) is 13.8. The van der Waals surface area contributed by atoms with Crippen LogP contribution in [0.2, 0.25) is 0 Å². The normalized spacial score (nSPS) is 31.9.